The van der Waals surface area contributed by atoms with Crippen LogP contribution >= 0.6 is 15.9 Å². The number of benzene rings is 1. The molecule has 1 unspecified atom stereocenters. The van der Waals surface area contributed by atoms with E-state index in [1.165, 1.54) is 12.1 Å². The molecule has 0 saturated heterocycles. The van der Waals surface area contributed by atoms with Gasteiger partial charge in [-0.15, -0.1) is 0 Å². The molecule has 0 radical (unpaired) electrons. The lowest BCUT2D eigenvalue weighted by molar-refractivity contribution is 0.0225. The summed E-state index contributed by atoms with van der Waals surface area (Å²) in [7, 11) is 0. The number of aliphatic hydroxyl groups excluding tert-OH is 1. The molecule has 0 bridgehead atoms. The summed E-state index contributed by atoms with van der Waals surface area (Å²) in [6, 6.07) is 8.11. The first-order chi connectivity index (χ1) is 10.1. The normalized spacial score (nSPS) is 12.5. The minimum absolute atomic E-state index is 0.206. The van der Waals surface area contributed by atoms with Crippen molar-refractivity contribution in [2.75, 3.05) is 13.2 Å². The highest BCUT2D eigenvalue weighted by Gasteiger charge is 2.06. The van der Waals surface area contributed by atoms with Crippen molar-refractivity contribution in [1.29, 1.82) is 0 Å². The molecule has 2 aromatic rings. The van der Waals surface area contributed by atoms with Gasteiger partial charge in [-0.05, 0) is 35.9 Å². The average molecular weight is 358 g/mol. The number of furan rings is 1. The fourth-order valence-electron chi connectivity index (χ4n) is 1.80. The van der Waals surface area contributed by atoms with Crippen LogP contribution in [-0.2, 0) is 17.9 Å². The minimum atomic E-state index is -0.632. The molecule has 21 heavy (non-hydrogen) atoms. The predicted octanol–water partition coefficient (Wildman–Crippen LogP) is 2.85. The Hall–Kier alpha value is -1.21. The molecule has 0 fully saturated rings. The van der Waals surface area contributed by atoms with E-state index in [1.807, 2.05) is 6.07 Å². The molecule has 6 heteroatoms. The molecule has 114 valence electrons. The number of nitrogens with one attached hydrogen (secondary N) is 1. The first-order valence-corrected chi connectivity index (χ1v) is 7.37. The Bertz CT molecular complexity index is 548. The third kappa shape index (κ3) is 5.59. The summed E-state index contributed by atoms with van der Waals surface area (Å²) in [6.07, 6.45) is 0.945. The second-order valence-corrected chi connectivity index (χ2v) is 5.47. The van der Waals surface area contributed by atoms with Crippen molar-refractivity contribution in [3.05, 3.63) is 58.2 Å². The molecular weight excluding hydrogens is 341 g/mol. The van der Waals surface area contributed by atoms with Crippen molar-refractivity contribution in [3.8, 4) is 0 Å². The molecule has 0 amide bonds. The minimum Gasteiger partial charge on any atom is -0.467 e. The van der Waals surface area contributed by atoms with E-state index in [0.29, 0.717) is 19.7 Å². The van der Waals surface area contributed by atoms with Crippen LogP contribution in [0.4, 0.5) is 4.39 Å². The zero-order valence-corrected chi connectivity index (χ0v) is 13.0. The number of halogens is 2. The third-order valence-corrected chi connectivity index (χ3v) is 3.61. The second kappa shape index (κ2) is 8.29. The number of aliphatic hydroxyl groups is 1. The van der Waals surface area contributed by atoms with Crippen LogP contribution in [0.25, 0.3) is 0 Å². The van der Waals surface area contributed by atoms with E-state index in [4.69, 9.17) is 9.15 Å². The second-order valence-electron chi connectivity index (χ2n) is 4.61. The lowest BCUT2D eigenvalue weighted by Gasteiger charge is -2.12. The van der Waals surface area contributed by atoms with Crippen LogP contribution in [0.15, 0.2) is 45.5 Å². The van der Waals surface area contributed by atoms with Gasteiger partial charge in [0.1, 0.15) is 18.2 Å². The van der Waals surface area contributed by atoms with Gasteiger partial charge in [-0.1, -0.05) is 15.9 Å². The summed E-state index contributed by atoms with van der Waals surface area (Å²) >= 11 is 3.36. The van der Waals surface area contributed by atoms with Gasteiger partial charge in [-0.25, -0.2) is 4.39 Å². The van der Waals surface area contributed by atoms with Crippen molar-refractivity contribution in [3.63, 3.8) is 0 Å². The van der Waals surface area contributed by atoms with Crippen LogP contribution in [0.1, 0.15) is 11.3 Å². The van der Waals surface area contributed by atoms with Crippen LogP contribution in [0.2, 0.25) is 0 Å². The van der Waals surface area contributed by atoms with Crippen LogP contribution < -0.4 is 5.32 Å². The van der Waals surface area contributed by atoms with Gasteiger partial charge in [-0.3, -0.25) is 0 Å². The molecule has 0 aliphatic carbocycles. The van der Waals surface area contributed by atoms with Gasteiger partial charge in [0, 0.05) is 17.6 Å². The molecule has 1 aromatic heterocycles. The zero-order chi connectivity index (χ0) is 15.1. The van der Waals surface area contributed by atoms with Crippen molar-refractivity contribution >= 4 is 15.9 Å². The fraction of sp³-hybridized carbons (Fsp3) is 0.333. The number of hydrogen-bond acceptors (Lipinski definition) is 4. The maximum absolute atomic E-state index is 13.1. The summed E-state index contributed by atoms with van der Waals surface area (Å²) in [5.41, 5.74) is 0.804. The Morgan fingerprint density at radius 2 is 2.24 bits per heavy atom. The van der Waals surface area contributed by atoms with Crippen molar-refractivity contribution in [2.24, 2.45) is 0 Å². The molecule has 2 N–H and O–H groups in total. The topological polar surface area (TPSA) is 54.6 Å². The summed E-state index contributed by atoms with van der Waals surface area (Å²) in [6.45, 7) is 1.37. The van der Waals surface area contributed by atoms with Crippen LogP contribution in [0.3, 0.4) is 0 Å². The molecule has 2 rings (SSSR count). The number of rotatable bonds is 8. The molecule has 0 spiro atoms. The first-order valence-electron chi connectivity index (χ1n) is 6.58. The highest BCUT2D eigenvalue weighted by molar-refractivity contribution is 9.10. The van der Waals surface area contributed by atoms with E-state index >= 15 is 0 Å². The van der Waals surface area contributed by atoms with Gasteiger partial charge >= 0.3 is 0 Å². The van der Waals surface area contributed by atoms with Crippen LogP contribution in [-0.4, -0.2) is 24.4 Å². The largest absolute Gasteiger partial charge is 0.467 e. The van der Waals surface area contributed by atoms with Gasteiger partial charge in [-0.2, -0.15) is 0 Å². The van der Waals surface area contributed by atoms with Gasteiger partial charge < -0.3 is 19.6 Å². The fourth-order valence-corrected chi connectivity index (χ4v) is 2.19. The molecule has 1 atom stereocenters. The predicted molar refractivity (Wildman–Crippen MR) is 80.2 cm³/mol. The molecule has 1 aromatic carbocycles. The van der Waals surface area contributed by atoms with Crippen molar-refractivity contribution in [1.82, 2.24) is 5.32 Å². The molecule has 1 heterocycles. The van der Waals surface area contributed by atoms with Gasteiger partial charge in [0.2, 0.25) is 0 Å². The first kappa shape index (κ1) is 16.2. The third-order valence-electron chi connectivity index (χ3n) is 2.84. The Morgan fingerprint density at radius 1 is 1.38 bits per heavy atom. The van der Waals surface area contributed by atoms with E-state index in [-0.39, 0.29) is 12.4 Å². The van der Waals surface area contributed by atoms with Gasteiger partial charge in [0.15, 0.2) is 0 Å². The molecular formula is C15H17BrFNO3. The van der Waals surface area contributed by atoms with E-state index in [0.717, 1.165) is 15.8 Å². The summed E-state index contributed by atoms with van der Waals surface area (Å²) in [5, 5.41) is 12.8. The van der Waals surface area contributed by atoms with Crippen molar-refractivity contribution in [2.45, 2.75) is 19.3 Å². The summed E-state index contributed by atoms with van der Waals surface area (Å²) < 4.78 is 24.4. The molecule has 0 aliphatic heterocycles. The molecule has 4 nitrogen and oxygen atoms in total. The highest BCUT2D eigenvalue weighted by Crippen LogP contribution is 2.17. The average Bonchev–Trinajstić information content (AvgIpc) is 2.96. The Labute approximate surface area is 131 Å². The number of hydrogen-bond donors (Lipinski definition) is 2. The zero-order valence-electron chi connectivity index (χ0n) is 11.4. The van der Waals surface area contributed by atoms with E-state index in [1.54, 1.807) is 18.4 Å². The van der Waals surface area contributed by atoms with E-state index in [9.17, 15) is 9.50 Å². The van der Waals surface area contributed by atoms with Gasteiger partial charge in [0.25, 0.3) is 0 Å². The SMILES string of the molecule is OC(CNCc1cc(F)ccc1Br)COCc1ccco1. The quantitative estimate of drug-likeness (QED) is 0.762. The summed E-state index contributed by atoms with van der Waals surface area (Å²) in [4.78, 5) is 0. The van der Waals surface area contributed by atoms with Crippen molar-refractivity contribution < 1.29 is 18.7 Å². The smallest absolute Gasteiger partial charge is 0.129 e. The van der Waals surface area contributed by atoms with E-state index < -0.39 is 6.10 Å². The van der Waals surface area contributed by atoms with Gasteiger partial charge in [0.05, 0.1) is 19.0 Å². The Balaban J connectivity index is 1.64. The highest BCUT2D eigenvalue weighted by atomic mass is 79.9. The summed E-state index contributed by atoms with van der Waals surface area (Å²) in [5.74, 6) is 0.441. The molecule has 0 aliphatic rings. The monoisotopic (exact) mass is 357 g/mol. The number of ether oxygens (including phenoxy) is 1. The molecule has 0 saturated carbocycles. The maximum atomic E-state index is 13.1. The van der Waals surface area contributed by atoms with Crippen LogP contribution in [0, 0.1) is 5.82 Å². The Kier molecular flexibility index (Phi) is 6.38. The van der Waals surface area contributed by atoms with E-state index in [2.05, 4.69) is 21.2 Å². The van der Waals surface area contributed by atoms with Crippen LogP contribution in [0.5, 0.6) is 0 Å². The maximum Gasteiger partial charge on any atom is 0.129 e. The Morgan fingerprint density at radius 3 is 3.00 bits per heavy atom. The lowest BCUT2D eigenvalue weighted by atomic mass is 10.2. The standard InChI is InChI=1S/C15H17BrFNO3/c16-15-4-3-12(17)6-11(15)7-18-8-13(19)9-20-10-14-2-1-5-21-14/h1-6,13,18-19H,7-10H2. The lowest BCUT2D eigenvalue weighted by Crippen LogP contribution is -2.30.